The van der Waals surface area contributed by atoms with Crippen molar-refractivity contribution in [3.05, 3.63) is 10.0 Å². The third-order valence-electron chi connectivity index (χ3n) is 2.78. The fourth-order valence-electron chi connectivity index (χ4n) is 2.00. The average Bonchev–Trinajstić information content (AvgIpc) is 2.90. The van der Waals surface area contributed by atoms with Crippen LogP contribution in [0.5, 0.6) is 0 Å². The second-order valence-electron chi connectivity index (χ2n) is 3.87. The summed E-state index contributed by atoms with van der Waals surface area (Å²) in [6, 6.07) is -0.160. The highest BCUT2D eigenvalue weighted by atomic mass is 35.5. The monoisotopic (exact) mass is 275 g/mol. The second-order valence-corrected chi connectivity index (χ2v) is 5.23. The molecule has 1 aromatic heterocycles. The highest BCUT2D eigenvalue weighted by Crippen LogP contribution is 2.24. The number of hydrogen-bond donors (Lipinski definition) is 0. The van der Waals surface area contributed by atoms with Gasteiger partial charge in [0.2, 0.25) is 0 Å². The van der Waals surface area contributed by atoms with Gasteiger partial charge in [-0.2, -0.15) is 0 Å². The first-order valence-corrected chi connectivity index (χ1v) is 6.75. The van der Waals surface area contributed by atoms with Crippen LogP contribution in [0.1, 0.15) is 25.5 Å². The van der Waals surface area contributed by atoms with Crippen molar-refractivity contribution in [3.8, 4) is 0 Å². The van der Waals surface area contributed by atoms with E-state index in [-0.39, 0.29) is 12.0 Å². The summed E-state index contributed by atoms with van der Waals surface area (Å²) in [5.41, 5.74) is 0.743. The van der Waals surface area contributed by atoms with Gasteiger partial charge in [0.15, 0.2) is 0 Å². The zero-order valence-electron chi connectivity index (χ0n) is 9.56. The SMILES string of the molecule is CCOC(=O)C1CCCN1Cc1nnsc1Cl. The summed E-state index contributed by atoms with van der Waals surface area (Å²) in [7, 11) is 0. The van der Waals surface area contributed by atoms with E-state index in [0.29, 0.717) is 17.5 Å². The molecule has 0 N–H and O–H groups in total. The summed E-state index contributed by atoms with van der Waals surface area (Å²) in [6.07, 6.45) is 1.84. The molecule has 17 heavy (non-hydrogen) atoms. The topological polar surface area (TPSA) is 55.3 Å². The van der Waals surface area contributed by atoms with Gasteiger partial charge in [-0.15, -0.1) is 5.10 Å². The molecule has 1 unspecified atom stereocenters. The van der Waals surface area contributed by atoms with E-state index < -0.39 is 0 Å². The van der Waals surface area contributed by atoms with Crippen molar-refractivity contribution in [2.45, 2.75) is 32.4 Å². The number of ether oxygens (including phenoxy) is 1. The molecular formula is C10H14ClN3O2S. The number of esters is 1. The molecule has 2 heterocycles. The van der Waals surface area contributed by atoms with Crippen molar-refractivity contribution in [1.29, 1.82) is 0 Å². The van der Waals surface area contributed by atoms with Crippen LogP contribution in [-0.2, 0) is 16.1 Å². The van der Waals surface area contributed by atoms with E-state index >= 15 is 0 Å². The number of hydrogen-bond acceptors (Lipinski definition) is 6. The van der Waals surface area contributed by atoms with Crippen LogP contribution in [0.2, 0.25) is 4.34 Å². The summed E-state index contributed by atoms with van der Waals surface area (Å²) in [5, 5.41) is 3.96. The fraction of sp³-hybridized carbons (Fsp3) is 0.700. The first-order chi connectivity index (χ1) is 8.22. The molecule has 1 aliphatic heterocycles. The van der Waals surface area contributed by atoms with E-state index in [0.717, 1.165) is 25.1 Å². The van der Waals surface area contributed by atoms with Gasteiger partial charge >= 0.3 is 5.97 Å². The van der Waals surface area contributed by atoms with Gasteiger partial charge in [-0.05, 0) is 26.3 Å². The van der Waals surface area contributed by atoms with Crippen molar-refractivity contribution >= 4 is 29.1 Å². The van der Waals surface area contributed by atoms with E-state index in [1.54, 1.807) is 0 Å². The van der Waals surface area contributed by atoms with Gasteiger partial charge in [-0.1, -0.05) is 16.1 Å². The smallest absolute Gasteiger partial charge is 0.323 e. The van der Waals surface area contributed by atoms with Crippen molar-refractivity contribution in [3.63, 3.8) is 0 Å². The zero-order valence-corrected chi connectivity index (χ0v) is 11.1. The molecule has 1 aliphatic rings. The Bertz CT molecular complexity index is 399. The van der Waals surface area contributed by atoms with Crippen molar-refractivity contribution in [2.75, 3.05) is 13.2 Å². The van der Waals surface area contributed by atoms with E-state index in [9.17, 15) is 4.79 Å². The molecule has 94 valence electrons. The van der Waals surface area contributed by atoms with Gasteiger partial charge in [-0.3, -0.25) is 9.69 Å². The molecule has 5 nitrogen and oxygen atoms in total. The number of likely N-dealkylation sites (tertiary alicyclic amines) is 1. The summed E-state index contributed by atoms with van der Waals surface area (Å²) in [4.78, 5) is 13.8. The predicted molar refractivity (Wildman–Crippen MR) is 65.0 cm³/mol. The average molecular weight is 276 g/mol. The number of carbonyl (C=O) groups excluding carboxylic acids is 1. The minimum absolute atomic E-state index is 0.149. The molecule has 2 rings (SSSR count). The molecule has 0 aromatic carbocycles. The summed E-state index contributed by atoms with van der Waals surface area (Å²) in [6.45, 7) is 3.68. The van der Waals surface area contributed by atoms with E-state index in [1.807, 2.05) is 6.92 Å². The lowest BCUT2D eigenvalue weighted by molar-refractivity contribution is -0.148. The van der Waals surface area contributed by atoms with E-state index in [1.165, 1.54) is 11.5 Å². The van der Waals surface area contributed by atoms with Crippen LogP contribution in [0.25, 0.3) is 0 Å². The van der Waals surface area contributed by atoms with Gasteiger partial charge in [0.05, 0.1) is 6.61 Å². The lowest BCUT2D eigenvalue weighted by Crippen LogP contribution is -2.37. The first-order valence-electron chi connectivity index (χ1n) is 5.59. The Morgan fingerprint density at radius 1 is 1.71 bits per heavy atom. The highest BCUT2D eigenvalue weighted by Gasteiger charge is 2.32. The minimum atomic E-state index is -0.160. The number of carbonyl (C=O) groups is 1. The van der Waals surface area contributed by atoms with Crippen molar-refractivity contribution < 1.29 is 9.53 Å². The molecule has 1 aromatic rings. The summed E-state index contributed by atoms with van der Waals surface area (Å²) >= 11 is 7.13. The largest absolute Gasteiger partial charge is 0.465 e. The molecular weight excluding hydrogens is 262 g/mol. The molecule has 0 bridgehead atoms. The molecule has 0 amide bonds. The van der Waals surface area contributed by atoms with Gasteiger partial charge in [0.1, 0.15) is 16.1 Å². The van der Waals surface area contributed by atoms with Gasteiger partial charge in [-0.25, -0.2) is 0 Å². The molecule has 0 saturated carbocycles. The molecule has 0 spiro atoms. The van der Waals surface area contributed by atoms with Gasteiger partial charge in [0.25, 0.3) is 0 Å². The Morgan fingerprint density at radius 2 is 2.53 bits per heavy atom. The highest BCUT2D eigenvalue weighted by molar-refractivity contribution is 7.10. The summed E-state index contributed by atoms with van der Waals surface area (Å²) in [5.74, 6) is -0.149. The van der Waals surface area contributed by atoms with E-state index in [2.05, 4.69) is 14.5 Å². The fourth-order valence-corrected chi connectivity index (χ4v) is 2.62. The zero-order chi connectivity index (χ0) is 12.3. The number of aromatic nitrogens is 2. The van der Waals surface area contributed by atoms with E-state index in [4.69, 9.17) is 16.3 Å². The van der Waals surface area contributed by atoms with Crippen LogP contribution in [0.4, 0.5) is 0 Å². The van der Waals surface area contributed by atoms with Crippen LogP contribution in [0.3, 0.4) is 0 Å². The molecule has 7 heteroatoms. The number of halogens is 1. The van der Waals surface area contributed by atoms with Gasteiger partial charge < -0.3 is 4.74 Å². The maximum atomic E-state index is 11.7. The predicted octanol–water partition coefficient (Wildman–Crippen LogP) is 1.72. The summed E-state index contributed by atoms with van der Waals surface area (Å²) < 4.78 is 9.44. The Morgan fingerprint density at radius 3 is 3.18 bits per heavy atom. The Labute approximate surface area is 109 Å². The van der Waals surface area contributed by atoms with Crippen LogP contribution in [-0.4, -0.2) is 39.6 Å². The third-order valence-corrected chi connectivity index (χ3v) is 3.77. The van der Waals surface area contributed by atoms with Crippen LogP contribution < -0.4 is 0 Å². The third kappa shape index (κ3) is 2.94. The van der Waals surface area contributed by atoms with Crippen molar-refractivity contribution in [2.24, 2.45) is 0 Å². The van der Waals surface area contributed by atoms with Crippen LogP contribution >= 0.6 is 23.1 Å². The lowest BCUT2D eigenvalue weighted by Gasteiger charge is -2.21. The number of nitrogens with zero attached hydrogens (tertiary/aromatic N) is 3. The first kappa shape index (κ1) is 12.7. The van der Waals surface area contributed by atoms with Gasteiger partial charge in [0, 0.05) is 18.1 Å². The standard InChI is InChI=1S/C10H14ClN3O2S/c1-2-16-10(15)8-4-3-5-14(8)6-7-9(11)17-13-12-7/h8H,2-6H2,1H3. The normalized spacial score (nSPS) is 20.7. The molecule has 0 radical (unpaired) electrons. The molecule has 1 saturated heterocycles. The minimum Gasteiger partial charge on any atom is -0.465 e. The molecule has 1 fully saturated rings. The van der Waals surface area contributed by atoms with Crippen LogP contribution in [0.15, 0.2) is 0 Å². The van der Waals surface area contributed by atoms with Crippen molar-refractivity contribution in [1.82, 2.24) is 14.5 Å². The quantitative estimate of drug-likeness (QED) is 0.783. The maximum absolute atomic E-state index is 11.7. The maximum Gasteiger partial charge on any atom is 0.323 e. The number of rotatable bonds is 4. The molecule has 1 atom stereocenters. The van der Waals surface area contributed by atoms with Crippen LogP contribution in [0, 0.1) is 0 Å². The second kappa shape index (κ2) is 5.75. The Hall–Kier alpha value is -0.720. The Kier molecular flexibility index (Phi) is 4.31. The molecule has 0 aliphatic carbocycles. The Balaban J connectivity index is 2.00. The lowest BCUT2D eigenvalue weighted by atomic mass is 10.2.